The van der Waals surface area contributed by atoms with Gasteiger partial charge >= 0.3 is 0 Å². The average Bonchev–Trinajstić information content (AvgIpc) is 2.38. The third-order valence-electron chi connectivity index (χ3n) is 2.85. The Hall–Kier alpha value is -1.69. The Morgan fingerprint density at radius 3 is 3.18 bits per heavy atom. The van der Waals surface area contributed by atoms with Crippen LogP contribution in [0.4, 0.5) is 5.82 Å². The summed E-state index contributed by atoms with van der Waals surface area (Å²) in [5, 5.41) is 5.90. The maximum absolute atomic E-state index is 11.8. The summed E-state index contributed by atoms with van der Waals surface area (Å²) < 4.78 is 0. The first kappa shape index (κ1) is 11.8. The Labute approximate surface area is 100 Å². The van der Waals surface area contributed by atoms with Crippen LogP contribution in [0.5, 0.6) is 0 Å². The number of nitrogens with one attached hydrogen (secondary N) is 2. The lowest BCUT2D eigenvalue weighted by atomic mass is 10.1. The van der Waals surface area contributed by atoms with Crippen LogP contribution in [0.2, 0.25) is 0 Å². The summed E-state index contributed by atoms with van der Waals surface area (Å²) in [5.41, 5.74) is 0. The first-order valence-corrected chi connectivity index (χ1v) is 5.71. The van der Waals surface area contributed by atoms with E-state index in [0.29, 0.717) is 6.54 Å². The van der Waals surface area contributed by atoms with Crippen LogP contribution < -0.4 is 15.5 Å². The first-order valence-electron chi connectivity index (χ1n) is 5.71. The van der Waals surface area contributed by atoms with Crippen LogP contribution in [0.15, 0.2) is 12.3 Å². The number of carbonyl (C=O) groups excluding carboxylic acids is 1. The van der Waals surface area contributed by atoms with Crippen molar-refractivity contribution in [1.29, 1.82) is 0 Å². The molecule has 0 bridgehead atoms. The van der Waals surface area contributed by atoms with Gasteiger partial charge in [-0.2, -0.15) is 0 Å². The third kappa shape index (κ3) is 2.52. The van der Waals surface area contributed by atoms with Gasteiger partial charge in [-0.15, -0.1) is 0 Å². The lowest BCUT2D eigenvalue weighted by Gasteiger charge is -2.35. The largest absolute Gasteiger partial charge is 0.357 e. The van der Waals surface area contributed by atoms with E-state index >= 15 is 0 Å². The standard InChI is InChI=1S/C11H17N5O/c1-8-14-4-3-10(15-8)16-6-5-13-7-9(16)11(17)12-2/h3-4,9,13H,5-7H2,1-2H3,(H,12,17). The van der Waals surface area contributed by atoms with Crippen LogP contribution in [-0.2, 0) is 4.79 Å². The SMILES string of the molecule is CNC(=O)C1CNCCN1c1ccnc(C)n1. The van der Waals surface area contributed by atoms with Crippen LogP contribution in [0.1, 0.15) is 5.82 Å². The van der Waals surface area contributed by atoms with Crippen molar-refractivity contribution in [3.8, 4) is 0 Å². The van der Waals surface area contributed by atoms with Gasteiger partial charge in [-0.1, -0.05) is 0 Å². The van der Waals surface area contributed by atoms with Crippen molar-refractivity contribution in [3.05, 3.63) is 18.1 Å². The van der Waals surface area contributed by atoms with E-state index in [-0.39, 0.29) is 11.9 Å². The van der Waals surface area contributed by atoms with Crippen LogP contribution in [-0.4, -0.2) is 48.6 Å². The Morgan fingerprint density at radius 2 is 2.47 bits per heavy atom. The Kier molecular flexibility index (Phi) is 3.53. The molecule has 92 valence electrons. The van der Waals surface area contributed by atoms with Crippen LogP contribution in [0.3, 0.4) is 0 Å². The summed E-state index contributed by atoms with van der Waals surface area (Å²) in [6.45, 7) is 4.12. The fourth-order valence-electron chi connectivity index (χ4n) is 1.98. The number of nitrogens with zero attached hydrogens (tertiary/aromatic N) is 3. The van der Waals surface area contributed by atoms with Gasteiger partial charge in [0.1, 0.15) is 17.7 Å². The normalized spacial score (nSPS) is 20.1. The number of hydrogen-bond donors (Lipinski definition) is 2. The number of aromatic nitrogens is 2. The molecule has 2 rings (SSSR count). The molecule has 2 heterocycles. The molecule has 1 saturated heterocycles. The van der Waals surface area contributed by atoms with E-state index in [1.807, 2.05) is 17.9 Å². The van der Waals surface area contributed by atoms with E-state index in [9.17, 15) is 4.79 Å². The molecule has 1 aliphatic heterocycles. The number of anilines is 1. The molecule has 2 N–H and O–H groups in total. The zero-order valence-electron chi connectivity index (χ0n) is 10.1. The minimum atomic E-state index is -0.206. The smallest absolute Gasteiger partial charge is 0.243 e. The van der Waals surface area contributed by atoms with Gasteiger partial charge in [0.05, 0.1) is 0 Å². The van der Waals surface area contributed by atoms with Gasteiger partial charge in [0, 0.05) is 32.9 Å². The lowest BCUT2D eigenvalue weighted by Crippen LogP contribution is -2.58. The van der Waals surface area contributed by atoms with Crippen molar-refractivity contribution in [1.82, 2.24) is 20.6 Å². The summed E-state index contributed by atoms with van der Waals surface area (Å²) in [4.78, 5) is 22.3. The Bertz CT molecular complexity index is 409. The molecule has 1 aromatic heterocycles. The van der Waals surface area contributed by atoms with Gasteiger partial charge in [0.2, 0.25) is 5.91 Å². The number of aryl methyl sites for hydroxylation is 1. The zero-order chi connectivity index (χ0) is 12.3. The van der Waals surface area contributed by atoms with E-state index in [0.717, 1.165) is 24.7 Å². The average molecular weight is 235 g/mol. The summed E-state index contributed by atoms with van der Waals surface area (Å²) in [6.07, 6.45) is 1.72. The zero-order valence-corrected chi connectivity index (χ0v) is 10.1. The van der Waals surface area contributed by atoms with E-state index in [1.54, 1.807) is 13.2 Å². The number of carbonyl (C=O) groups is 1. The second-order valence-electron chi connectivity index (χ2n) is 3.99. The van der Waals surface area contributed by atoms with Crippen LogP contribution in [0.25, 0.3) is 0 Å². The van der Waals surface area contributed by atoms with E-state index in [1.165, 1.54) is 0 Å². The second kappa shape index (κ2) is 5.09. The highest BCUT2D eigenvalue weighted by Gasteiger charge is 2.28. The van der Waals surface area contributed by atoms with Crippen molar-refractivity contribution in [2.24, 2.45) is 0 Å². The predicted molar refractivity (Wildman–Crippen MR) is 64.8 cm³/mol. The maximum Gasteiger partial charge on any atom is 0.243 e. The number of likely N-dealkylation sites (N-methyl/N-ethyl adjacent to an activating group) is 1. The highest BCUT2D eigenvalue weighted by atomic mass is 16.2. The van der Waals surface area contributed by atoms with E-state index < -0.39 is 0 Å². The second-order valence-corrected chi connectivity index (χ2v) is 3.99. The van der Waals surface area contributed by atoms with Crippen LogP contribution >= 0.6 is 0 Å². The minimum Gasteiger partial charge on any atom is -0.357 e. The molecule has 17 heavy (non-hydrogen) atoms. The third-order valence-corrected chi connectivity index (χ3v) is 2.85. The van der Waals surface area contributed by atoms with E-state index in [2.05, 4.69) is 20.6 Å². The number of amides is 1. The summed E-state index contributed by atoms with van der Waals surface area (Å²) in [6, 6.07) is 1.64. The summed E-state index contributed by atoms with van der Waals surface area (Å²) >= 11 is 0. The van der Waals surface area contributed by atoms with Crippen LogP contribution in [0, 0.1) is 6.92 Å². The van der Waals surface area contributed by atoms with Crippen molar-refractivity contribution in [2.75, 3.05) is 31.6 Å². The van der Waals surface area contributed by atoms with Gasteiger partial charge in [-0.3, -0.25) is 4.79 Å². The van der Waals surface area contributed by atoms with Crippen molar-refractivity contribution >= 4 is 11.7 Å². The molecule has 0 saturated carbocycles. The Morgan fingerprint density at radius 1 is 1.65 bits per heavy atom. The van der Waals surface area contributed by atoms with Gasteiger partial charge in [0.15, 0.2) is 0 Å². The monoisotopic (exact) mass is 235 g/mol. The number of hydrogen-bond acceptors (Lipinski definition) is 5. The van der Waals surface area contributed by atoms with Crippen molar-refractivity contribution in [3.63, 3.8) is 0 Å². The van der Waals surface area contributed by atoms with Gasteiger partial charge in [-0.25, -0.2) is 9.97 Å². The molecule has 0 aromatic carbocycles. The molecule has 1 atom stereocenters. The molecular formula is C11H17N5O. The molecular weight excluding hydrogens is 218 g/mol. The highest BCUT2D eigenvalue weighted by molar-refractivity contribution is 5.85. The predicted octanol–water partition coefficient (Wildman–Crippen LogP) is -0.691. The molecule has 0 radical (unpaired) electrons. The highest BCUT2D eigenvalue weighted by Crippen LogP contribution is 2.15. The quantitative estimate of drug-likeness (QED) is 0.710. The lowest BCUT2D eigenvalue weighted by molar-refractivity contribution is -0.122. The van der Waals surface area contributed by atoms with Gasteiger partial charge in [0.25, 0.3) is 0 Å². The number of piperazine rings is 1. The molecule has 6 heteroatoms. The Balaban J connectivity index is 2.24. The summed E-state index contributed by atoms with van der Waals surface area (Å²) in [5.74, 6) is 1.54. The maximum atomic E-state index is 11.8. The molecule has 1 fully saturated rings. The van der Waals surface area contributed by atoms with E-state index in [4.69, 9.17) is 0 Å². The molecule has 0 spiro atoms. The molecule has 6 nitrogen and oxygen atoms in total. The molecule has 1 amide bonds. The molecule has 1 aromatic rings. The minimum absolute atomic E-state index is 0.00784. The fourth-order valence-corrected chi connectivity index (χ4v) is 1.98. The van der Waals surface area contributed by atoms with Crippen molar-refractivity contribution < 1.29 is 4.79 Å². The van der Waals surface area contributed by atoms with Crippen molar-refractivity contribution in [2.45, 2.75) is 13.0 Å². The number of rotatable bonds is 2. The first-order chi connectivity index (χ1) is 8.22. The fraction of sp³-hybridized carbons (Fsp3) is 0.545. The van der Waals surface area contributed by atoms with Gasteiger partial charge < -0.3 is 15.5 Å². The topological polar surface area (TPSA) is 70.2 Å². The molecule has 0 aliphatic carbocycles. The summed E-state index contributed by atoms with van der Waals surface area (Å²) in [7, 11) is 1.65. The molecule has 1 unspecified atom stereocenters. The van der Waals surface area contributed by atoms with Gasteiger partial charge in [-0.05, 0) is 13.0 Å². The molecule has 1 aliphatic rings.